The van der Waals surface area contributed by atoms with Crippen LogP contribution in [-0.4, -0.2) is 27.6 Å². The number of rotatable bonds is 7. The molecule has 3 rings (SSSR count). The van der Waals surface area contributed by atoms with Gasteiger partial charge in [-0.15, -0.1) is 10.2 Å². The summed E-state index contributed by atoms with van der Waals surface area (Å²) in [4.78, 5) is 16.2. The fourth-order valence-electron chi connectivity index (χ4n) is 2.80. The zero-order chi connectivity index (χ0) is 17.3. The van der Waals surface area contributed by atoms with E-state index in [-0.39, 0.29) is 5.91 Å². The summed E-state index contributed by atoms with van der Waals surface area (Å²) in [6.45, 7) is 1.26. The van der Waals surface area contributed by atoms with Crippen LogP contribution in [0.5, 0.6) is 0 Å². The molecule has 0 fully saturated rings. The second-order valence-electron chi connectivity index (χ2n) is 6.13. The van der Waals surface area contributed by atoms with Gasteiger partial charge < -0.3 is 10.6 Å². The second kappa shape index (κ2) is 8.92. The Balaban J connectivity index is 1.44. The number of amides is 1. The molecule has 6 nitrogen and oxygen atoms in total. The first-order chi connectivity index (χ1) is 12.3. The van der Waals surface area contributed by atoms with Gasteiger partial charge in [0.05, 0.1) is 0 Å². The highest BCUT2D eigenvalue weighted by Gasteiger charge is 2.09. The van der Waals surface area contributed by atoms with Crippen LogP contribution in [0.2, 0.25) is 0 Å². The number of allylic oxidation sites excluding steroid dienone is 1. The fourth-order valence-corrected chi connectivity index (χ4v) is 2.80. The quantitative estimate of drug-likeness (QED) is 0.759. The van der Waals surface area contributed by atoms with Crippen molar-refractivity contribution in [2.24, 2.45) is 0 Å². The third-order valence-electron chi connectivity index (χ3n) is 4.21. The van der Waals surface area contributed by atoms with Gasteiger partial charge in [0, 0.05) is 25.5 Å². The molecule has 1 aliphatic carbocycles. The number of pyridine rings is 1. The van der Waals surface area contributed by atoms with Gasteiger partial charge in [-0.05, 0) is 55.9 Å². The first-order valence-electron chi connectivity index (χ1n) is 8.74. The highest BCUT2D eigenvalue weighted by Crippen LogP contribution is 2.19. The maximum absolute atomic E-state index is 12.1. The molecule has 0 spiro atoms. The lowest BCUT2D eigenvalue weighted by atomic mass is 9.97. The molecule has 0 radical (unpaired) electrons. The summed E-state index contributed by atoms with van der Waals surface area (Å²) in [5.74, 6) is 0.454. The van der Waals surface area contributed by atoms with Gasteiger partial charge in [-0.3, -0.25) is 9.78 Å². The van der Waals surface area contributed by atoms with E-state index in [2.05, 4.69) is 31.9 Å². The minimum absolute atomic E-state index is 0.178. The van der Waals surface area contributed by atoms with Gasteiger partial charge in [0.1, 0.15) is 5.82 Å². The first kappa shape index (κ1) is 17.1. The molecule has 0 bridgehead atoms. The van der Waals surface area contributed by atoms with Gasteiger partial charge in [0.25, 0.3) is 5.91 Å². The molecule has 2 aromatic rings. The van der Waals surface area contributed by atoms with E-state index < -0.39 is 0 Å². The Kier molecular flexibility index (Phi) is 6.09. The minimum Gasteiger partial charge on any atom is -0.364 e. The molecule has 0 saturated carbocycles. The predicted molar refractivity (Wildman–Crippen MR) is 97.1 cm³/mol. The summed E-state index contributed by atoms with van der Waals surface area (Å²) in [6.07, 6.45) is 11.6. The van der Waals surface area contributed by atoms with Gasteiger partial charge in [-0.25, -0.2) is 0 Å². The van der Waals surface area contributed by atoms with Crippen molar-refractivity contribution < 1.29 is 4.79 Å². The van der Waals surface area contributed by atoms with E-state index in [4.69, 9.17) is 0 Å². The summed E-state index contributed by atoms with van der Waals surface area (Å²) in [5, 5.41) is 14.1. The monoisotopic (exact) mass is 337 g/mol. The molecule has 130 valence electrons. The van der Waals surface area contributed by atoms with Crippen LogP contribution in [0.3, 0.4) is 0 Å². The predicted octanol–water partition coefficient (Wildman–Crippen LogP) is 3.10. The number of nitrogens with zero attached hydrogens (tertiary/aromatic N) is 3. The standard InChI is InChI=1S/C19H23N5O/c25-19(21-12-10-15-5-2-1-3-6-15)17-8-9-18(24-23-17)22-14-16-7-4-11-20-13-16/h4-5,7-9,11,13H,1-3,6,10,12,14H2,(H,21,25)(H,22,24). The van der Waals surface area contributed by atoms with Crippen LogP contribution in [0.4, 0.5) is 5.82 Å². The van der Waals surface area contributed by atoms with Crippen molar-refractivity contribution >= 4 is 11.7 Å². The number of aromatic nitrogens is 3. The molecule has 0 unspecified atom stereocenters. The third-order valence-corrected chi connectivity index (χ3v) is 4.21. The smallest absolute Gasteiger partial charge is 0.271 e. The number of anilines is 1. The third kappa shape index (κ3) is 5.38. The number of carbonyl (C=O) groups is 1. The Hall–Kier alpha value is -2.76. The maximum atomic E-state index is 12.1. The van der Waals surface area contributed by atoms with E-state index in [1.165, 1.54) is 24.8 Å². The van der Waals surface area contributed by atoms with Crippen molar-refractivity contribution in [2.45, 2.75) is 38.6 Å². The molecule has 0 aliphatic heterocycles. The molecular weight excluding hydrogens is 314 g/mol. The van der Waals surface area contributed by atoms with E-state index in [0.29, 0.717) is 24.6 Å². The SMILES string of the molecule is O=C(NCCC1=CCCCC1)c1ccc(NCc2cccnc2)nn1. The Bertz CT molecular complexity index is 712. The van der Waals surface area contributed by atoms with Crippen molar-refractivity contribution in [3.8, 4) is 0 Å². The molecule has 0 saturated heterocycles. The Morgan fingerprint density at radius 3 is 2.84 bits per heavy atom. The molecular formula is C19H23N5O. The summed E-state index contributed by atoms with van der Waals surface area (Å²) in [6, 6.07) is 7.33. The van der Waals surface area contributed by atoms with E-state index in [1.54, 1.807) is 24.5 Å². The number of carbonyl (C=O) groups excluding carboxylic acids is 1. The van der Waals surface area contributed by atoms with Gasteiger partial charge in [0.2, 0.25) is 0 Å². The lowest BCUT2D eigenvalue weighted by molar-refractivity contribution is 0.0948. The molecule has 1 amide bonds. The van der Waals surface area contributed by atoms with Crippen LogP contribution in [0, 0.1) is 0 Å². The topological polar surface area (TPSA) is 79.8 Å². The number of hydrogen-bond acceptors (Lipinski definition) is 5. The van der Waals surface area contributed by atoms with Crippen LogP contribution < -0.4 is 10.6 Å². The number of hydrogen-bond donors (Lipinski definition) is 2. The zero-order valence-corrected chi connectivity index (χ0v) is 14.2. The van der Waals surface area contributed by atoms with Crippen molar-refractivity contribution in [1.82, 2.24) is 20.5 Å². The van der Waals surface area contributed by atoms with Gasteiger partial charge >= 0.3 is 0 Å². The van der Waals surface area contributed by atoms with E-state index in [9.17, 15) is 4.79 Å². The van der Waals surface area contributed by atoms with E-state index >= 15 is 0 Å². The summed E-state index contributed by atoms with van der Waals surface area (Å²) in [7, 11) is 0. The first-order valence-corrected chi connectivity index (χ1v) is 8.74. The van der Waals surface area contributed by atoms with Crippen molar-refractivity contribution in [3.05, 3.63) is 59.6 Å². The Morgan fingerprint density at radius 1 is 1.16 bits per heavy atom. The normalized spacial score (nSPS) is 13.8. The number of nitrogens with one attached hydrogen (secondary N) is 2. The lowest BCUT2D eigenvalue weighted by Gasteiger charge is -2.12. The van der Waals surface area contributed by atoms with Crippen molar-refractivity contribution in [2.75, 3.05) is 11.9 Å². The molecule has 1 aliphatic rings. The van der Waals surface area contributed by atoms with Gasteiger partial charge in [-0.1, -0.05) is 17.7 Å². The van der Waals surface area contributed by atoms with Crippen LogP contribution in [0.15, 0.2) is 48.3 Å². The molecule has 6 heteroatoms. The lowest BCUT2D eigenvalue weighted by Crippen LogP contribution is -2.26. The van der Waals surface area contributed by atoms with Gasteiger partial charge in [-0.2, -0.15) is 0 Å². The van der Waals surface area contributed by atoms with Crippen LogP contribution in [0.1, 0.15) is 48.2 Å². The highest BCUT2D eigenvalue weighted by atomic mass is 16.1. The average Bonchev–Trinajstić information content (AvgIpc) is 2.68. The summed E-state index contributed by atoms with van der Waals surface area (Å²) < 4.78 is 0. The average molecular weight is 337 g/mol. The van der Waals surface area contributed by atoms with E-state index in [1.807, 2.05) is 12.1 Å². The van der Waals surface area contributed by atoms with Crippen LogP contribution >= 0.6 is 0 Å². The molecule has 2 N–H and O–H groups in total. The molecule has 25 heavy (non-hydrogen) atoms. The van der Waals surface area contributed by atoms with Crippen LogP contribution in [0.25, 0.3) is 0 Å². The Labute approximate surface area is 147 Å². The second-order valence-corrected chi connectivity index (χ2v) is 6.13. The Morgan fingerprint density at radius 2 is 2.12 bits per heavy atom. The summed E-state index contributed by atoms with van der Waals surface area (Å²) in [5.41, 5.74) is 2.85. The fraction of sp³-hybridized carbons (Fsp3) is 0.368. The largest absolute Gasteiger partial charge is 0.364 e. The molecule has 0 aromatic carbocycles. The molecule has 0 atom stereocenters. The maximum Gasteiger partial charge on any atom is 0.271 e. The van der Waals surface area contributed by atoms with Crippen LogP contribution in [-0.2, 0) is 6.54 Å². The highest BCUT2D eigenvalue weighted by molar-refractivity contribution is 5.92. The zero-order valence-electron chi connectivity index (χ0n) is 14.2. The van der Waals surface area contributed by atoms with Crippen molar-refractivity contribution in [3.63, 3.8) is 0 Å². The minimum atomic E-state index is -0.178. The molecule has 2 heterocycles. The summed E-state index contributed by atoms with van der Waals surface area (Å²) >= 11 is 0. The van der Waals surface area contributed by atoms with E-state index in [0.717, 1.165) is 18.4 Å². The van der Waals surface area contributed by atoms with Crippen molar-refractivity contribution in [1.29, 1.82) is 0 Å². The van der Waals surface area contributed by atoms with Gasteiger partial charge in [0.15, 0.2) is 5.69 Å². The molecule has 2 aromatic heterocycles.